The molecule has 1 aliphatic heterocycles. The second kappa shape index (κ2) is 7.26. The van der Waals surface area contributed by atoms with Crippen molar-refractivity contribution in [2.45, 2.75) is 38.7 Å². The molecule has 1 saturated heterocycles. The molecule has 2 aliphatic rings. The van der Waals surface area contributed by atoms with Gasteiger partial charge in [0.05, 0.1) is 5.92 Å². The fraction of sp³-hybridized carbons (Fsp3) is 0.471. The second-order valence-corrected chi connectivity index (χ2v) is 6.01. The first kappa shape index (κ1) is 17.0. The van der Waals surface area contributed by atoms with Crippen LogP contribution in [0.4, 0.5) is 0 Å². The molecule has 3 rings (SSSR count). The molecule has 6 heteroatoms. The van der Waals surface area contributed by atoms with E-state index < -0.39 is 5.97 Å². The van der Waals surface area contributed by atoms with Gasteiger partial charge in [-0.15, -0.1) is 0 Å². The van der Waals surface area contributed by atoms with Crippen LogP contribution in [0, 0.1) is 17.2 Å². The van der Waals surface area contributed by atoms with E-state index in [9.17, 15) is 4.79 Å². The highest BCUT2D eigenvalue weighted by Crippen LogP contribution is 2.41. The molecule has 23 heavy (non-hydrogen) atoms. The summed E-state index contributed by atoms with van der Waals surface area (Å²) >= 11 is 0. The Kier molecular flexibility index (Phi) is 5.36. The van der Waals surface area contributed by atoms with E-state index in [1.165, 1.54) is 0 Å². The number of fused-ring (bicyclic) bond motifs is 1. The zero-order valence-electron chi connectivity index (χ0n) is 13.1. The molecule has 0 amide bonds. The lowest BCUT2D eigenvalue weighted by atomic mass is 9.86. The number of ether oxygens (including phenoxy) is 1. The number of nitrogen functional groups attached to an aromatic ring is 1. The third-order valence-corrected chi connectivity index (χ3v) is 4.28. The number of nitrogens with two attached hydrogens (primary N) is 1. The van der Waals surface area contributed by atoms with Gasteiger partial charge in [0, 0.05) is 18.4 Å². The molecule has 0 spiro atoms. The molecule has 0 aromatic heterocycles. The Hall–Kier alpha value is -2.37. The van der Waals surface area contributed by atoms with Crippen molar-refractivity contribution in [3.8, 4) is 0 Å². The predicted octanol–water partition coefficient (Wildman–Crippen LogP) is 1.95. The number of carbonyl (C=O) groups is 2. The van der Waals surface area contributed by atoms with Gasteiger partial charge < -0.3 is 15.6 Å². The molecule has 124 valence electrons. The van der Waals surface area contributed by atoms with Crippen LogP contribution in [-0.4, -0.2) is 29.0 Å². The normalized spacial score (nSPS) is 25.1. The molecule has 6 nitrogen and oxygen atoms in total. The lowest BCUT2D eigenvalue weighted by Gasteiger charge is -2.13. The molecule has 3 atom stereocenters. The van der Waals surface area contributed by atoms with Gasteiger partial charge in [0.25, 0.3) is 5.97 Å². The minimum absolute atomic E-state index is 0.0188. The van der Waals surface area contributed by atoms with Crippen molar-refractivity contribution in [3.63, 3.8) is 0 Å². The van der Waals surface area contributed by atoms with Crippen LogP contribution in [-0.2, 0) is 20.7 Å². The molecular weight excluding hydrogens is 296 g/mol. The number of amidine groups is 1. The fourth-order valence-electron chi connectivity index (χ4n) is 3.33. The number of esters is 1. The zero-order chi connectivity index (χ0) is 17.0. The molecule has 1 heterocycles. The lowest BCUT2D eigenvalue weighted by Crippen LogP contribution is -2.19. The van der Waals surface area contributed by atoms with Crippen molar-refractivity contribution in [3.05, 3.63) is 35.4 Å². The Bertz CT molecular complexity index is 610. The maximum Gasteiger partial charge on any atom is 0.309 e. The maximum atomic E-state index is 11.9. The van der Waals surface area contributed by atoms with Gasteiger partial charge in [0.15, 0.2) is 0 Å². The fourth-order valence-corrected chi connectivity index (χ4v) is 3.33. The van der Waals surface area contributed by atoms with E-state index in [2.05, 4.69) is 0 Å². The van der Waals surface area contributed by atoms with Crippen molar-refractivity contribution < 1.29 is 19.4 Å². The highest BCUT2D eigenvalue weighted by molar-refractivity contribution is 5.95. The molecule has 1 aliphatic carbocycles. The Morgan fingerprint density at radius 2 is 2.13 bits per heavy atom. The smallest absolute Gasteiger partial charge is 0.309 e. The van der Waals surface area contributed by atoms with Gasteiger partial charge >= 0.3 is 5.97 Å². The summed E-state index contributed by atoms with van der Waals surface area (Å²) in [6, 6.07) is 7.59. The summed E-state index contributed by atoms with van der Waals surface area (Å²) in [5, 5.41) is 14.9. The standard InChI is InChI=1S/C15H18N2O2.C2H4O2/c16-14(17)10-4-1-3-9(7-10)8-12-11-5-2-6-13(11)19-15(12)18;1-2(3)4/h1,3-4,7,11-13H,2,5-6,8H2,(H3,16,17);1H3,(H,3,4)/t11-,12-,13+;/m1./s1. The minimum Gasteiger partial charge on any atom is -0.481 e. The van der Waals surface area contributed by atoms with E-state index in [4.69, 9.17) is 25.8 Å². The molecule has 0 bridgehead atoms. The number of carboxylic acids is 1. The Balaban J connectivity index is 0.000000433. The molecule has 1 saturated carbocycles. The number of hydrogen-bond donors (Lipinski definition) is 3. The first-order valence-corrected chi connectivity index (χ1v) is 7.72. The quantitative estimate of drug-likeness (QED) is 0.448. The van der Waals surface area contributed by atoms with Crippen LogP contribution >= 0.6 is 0 Å². The van der Waals surface area contributed by atoms with Crippen LogP contribution in [0.2, 0.25) is 0 Å². The summed E-state index contributed by atoms with van der Waals surface area (Å²) in [5.41, 5.74) is 7.27. The minimum atomic E-state index is -0.833. The van der Waals surface area contributed by atoms with Gasteiger partial charge in [-0.1, -0.05) is 18.2 Å². The van der Waals surface area contributed by atoms with E-state index in [1.807, 2.05) is 24.3 Å². The van der Waals surface area contributed by atoms with Gasteiger partial charge in [-0.2, -0.15) is 0 Å². The number of hydrogen-bond acceptors (Lipinski definition) is 4. The van der Waals surface area contributed by atoms with E-state index in [1.54, 1.807) is 0 Å². The predicted molar refractivity (Wildman–Crippen MR) is 85.2 cm³/mol. The Morgan fingerprint density at radius 3 is 2.78 bits per heavy atom. The lowest BCUT2D eigenvalue weighted by molar-refractivity contribution is -0.144. The molecule has 4 N–H and O–H groups in total. The monoisotopic (exact) mass is 318 g/mol. The summed E-state index contributed by atoms with van der Waals surface area (Å²) in [4.78, 5) is 20.9. The van der Waals surface area contributed by atoms with Crippen LogP contribution in [0.1, 0.15) is 37.3 Å². The molecular formula is C17H22N2O4. The molecule has 0 radical (unpaired) electrons. The average molecular weight is 318 g/mol. The number of aliphatic carboxylic acids is 1. The molecule has 2 fully saturated rings. The summed E-state index contributed by atoms with van der Waals surface area (Å²) in [6.45, 7) is 1.08. The topological polar surface area (TPSA) is 113 Å². The van der Waals surface area contributed by atoms with Crippen LogP contribution in [0.5, 0.6) is 0 Å². The third kappa shape index (κ3) is 4.31. The van der Waals surface area contributed by atoms with Gasteiger partial charge in [0.1, 0.15) is 11.9 Å². The number of benzene rings is 1. The van der Waals surface area contributed by atoms with Gasteiger partial charge in [0.2, 0.25) is 0 Å². The zero-order valence-corrected chi connectivity index (χ0v) is 13.1. The van der Waals surface area contributed by atoms with Crippen molar-refractivity contribution in [1.82, 2.24) is 0 Å². The van der Waals surface area contributed by atoms with Gasteiger partial charge in [-0.3, -0.25) is 15.0 Å². The van der Waals surface area contributed by atoms with Crippen LogP contribution < -0.4 is 5.73 Å². The third-order valence-electron chi connectivity index (χ3n) is 4.28. The first-order chi connectivity index (χ1) is 10.9. The van der Waals surface area contributed by atoms with Gasteiger partial charge in [-0.25, -0.2) is 0 Å². The maximum absolute atomic E-state index is 11.9. The van der Waals surface area contributed by atoms with Crippen molar-refractivity contribution >= 4 is 17.8 Å². The first-order valence-electron chi connectivity index (χ1n) is 7.72. The van der Waals surface area contributed by atoms with Crippen molar-refractivity contribution in [1.29, 1.82) is 5.41 Å². The second-order valence-electron chi connectivity index (χ2n) is 6.01. The summed E-state index contributed by atoms with van der Waals surface area (Å²) < 4.78 is 5.44. The summed E-state index contributed by atoms with van der Waals surface area (Å²) in [7, 11) is 0. The number of rotatable bonds is 3. The summed E-state index contributed by atoms with van der Waals surface area (Å²) in [6.07, 6.45) is 4.11. The van der Waals surface area contributed by atoms with E-state index in [0.29, 0.717) is 17.9 Å². The van der Waals surface area contributed by atoms with Crippen LogP contribution in [0.25, 0.3) is 0 Å². The largest absolute Gasteiger partial charge is 0.481 e. The SMILES string of the molecule is CC(=O)O.N=C(N)c1cccc(C[C@H]2C(=O)O[C@H]3CCC[C@@H]32)c1. The van der Waals surface area contributed by atoms with E-state index in [0.717, 1.165) is 31.7 Å². The Labute approximate surface area is 135 Å². The Morgan fingerprint density at radius 1 is 1.43 bits per heavy atom. The summed E-state index contributed by atoms with van der Waals surface area (Å²) in [5.74, 6) is -0.458. The van der Waals surface area contributed by atoms with Crippen molar-refractivity contribution in [2.75, 3.05) is 0 Å². The average Bonchev–Trinajstić information content (AvgIpc) is 3.02. The van der Waals surface area contributed by atoms with Crippen molar-refractivity contribution in [2.24, 2.45) is 17.6 Å². The number of carbonyl (C=O) groups excluding carboxylic acids is 1. The number of nitrogens with one attached hydrogen (secondary N) is 1. The molecule has 0 unspecified atom stereocenters. The molecule has 1 aromatic carbocycles. The van der Waals surface area contributed by atoms with E-state index in [-0.39, 0.29) is 23.8 Å². The molecule has 1 aromatic rings. The van der Waals surface area contributed by atoms with E-state index >= 15 is 0 Å². The van der Waals surface area contributed by atoms with Crippen LogP contribution in [0.3, 0.4) is 0 Å². The number of carboxylic acid groups (broad SMARTS) is 1. The van der Waals surface area contributed by atoms with Gasteiger partial charge in [-0.05, 0) is 37.3 Å². The highest BCUT2D eigenvalue weighted by Gasteiger charge is 2.46. The highest BCUT2D eigenvalue weighted by atomic mass is 16.6. The van der Waals surface area contributed by atoms with Crippen LogP contribution in [0.15, 0.2) is 24.3 Å².